The zero-order chi connectivity index (χ0) is 14.7. The lowest BCUT2D eigenvalue weighted by Gasteiger charge is -2.14. The largest absolute Gasteiger partial charge is 0.220 e. The van der Waals surface area contributed by atoms with Crippen LogP contribution in [0.1, 0.15) is 38.4 Å². The number of aromatic nitrogens is 2. The molecule has 0 aliphatic carbocycles. The van der Waals surface area contributed by atoms with Gasteiger partial charge in [0, 0.05) is 5.92 Å². The number of rotatable bonds is 4. The van der Waals surface area contributed by atoms with E-state index in [0.717, 1.165) is 12.8 Å². The molecule has 20 heavy (non-hydrogen) atoms. The van der Waals surface area contributed by atoms with Crippen LogP contribution in [0.25, 0.3) is 11.1 Å². The molecule has 0 saturated carbocycles. The number of nitrogens with zero attached hydrogens (tertiary/aromatic N) is 2. The molecule has 0 aliphatic rings. The van der Waals surface area contributed by atoms with Gasteiger partial charge < -0.3 is 0 Å². The molecule has 1 heterocycles. The molecule has 0 amide bonds. The van der Waals surface area contributed by atoms with Gasteiger partial charge in [0.15, 0.2) is 0 Å². The third-order valence-corrected chi connectivity index (χ3v) is 3.87. The van der Waals surface area contributed by atoms with E-state index in [2.05, 4.69) is 23.8 Å². The quantitative estimate of drug-likeness (QED) is 0.697. The van der Waals surface area contributed by atoms with Crippen LogP contribution in [0.4, 0.5) is 4.39 Å². The minimum atomic E-state index is -0.310. The van der Waals surface area contributed by atoms with Crippen LogP contribution < -0.4 is 0 Å². The lowest BCUT2D eigenvalue weighted by Crippen LogP contribution is -2.04. The summed E-state index contributed by atoms with van der Waals surface area (Å²) in [6, 6.07) is 5.94. The second-order valence-electron chi connectivity index (χ2n) is 4.56. The topological polar surface area (TPSA) is 25.8 Å². The third kappa shape index (κ3) is 3.10. The second kappa shape index (κ2) is 6.51. The third-order valence-electron chi connectivity index (χ3n) is 3.32. The summed E-state index contributed by atoms with van der Waals surface area (Å²) in [4.78, 5) is 8.70. The van der Waals surface area contributed by atoms with E-state index in [1.165, 1.54) is 12.1 Å². The summed E-state index contributed by atoms with van der Waals surface area (Å²) >= 11 is 12.5. The van der Waals surface area contributed by atoms with Crippen LogP contribution in [0.3, 0.4) is 0 Å². The second-order valence-corrected chi connectivity index (χ2v) is 5.27. The molecule has 0 N–H and O–H groups in total. The van der Waals surface area contributed by atoms with Crippen molar-refractivity contribution in [3.63, 3.8) is 0 Å². The minimum Gasteiger partial charge on any atom is -0.220 e. The van der Waals surface area contributed by atoms with Crippen LogP contribution in [-0.4, -0.2) is 9.97 Å². The van der Waals surface area contributed by atoms with Crippen molar-refractivity contribution in [2.45, 2.75) is 32.6 Å². The van der Waals surface area contributed by atoms with E-state index >= 15 is 0 Å². The van der Waals surface area contributed by atoms with Crippen molar-refractivity contribution in [1.29, 1.82) is 0 Å². The Kier molecular flexibility index (Phi) is 4.95. The molecule has 0 unspecified atom stereocenters. The molecule has 0 bridgehead atoms. The number of hydrogen-bond acceptors (Lipinski definition) is 2. The number of hydrogen-bond donors (Lipinski definition) is 0. The van der Waals surface area contributed by atoms with Gasteiger partial charge >= 0.3 is 0 Å². The Bertz CT molecular complexity index is 572. The monoisotopic (exact) mass is 312 g/mol. The van der Waals surface area contributed by atoms with Gasteiger partial charge in [-0.25, -0.2) is 14.4 Å². The lowest BCUT2D eigenvalue weighted by molar-refractivity contribution is 0.602. The van der Waals surface area contributed by atoms with E-state index in [1.54, 1.807) is 12.1 Å². The number of benzene rings is 1. The molecule has 0 saturated heterocycles. The normalized spacial score (nSPS) is 11.1. The first kappa shape index (κ1) is 15.2. The van der Waals surface area contributed by atoms with Gasteiger partial charge in [0.2, 0.25) is 0 Å². The molecular formula is C15H15Cl2FN2. The summed E-state index contributed by atoms with van der Waals surface area (Å²) < 4.78 is 13.0. The molecule has 0 atom stereocenters. The Morgan fingerprint density at radius 3 is 1.95 bits per heavy atom. The van der Waals surface area contributed by atoms with Gasteiger partial charge in [0.1, 0.15) is 21.9 Å². The zero-order valence-corrected chi connectivity index (χ0v) is 12.8. The van der Waals surface area contributed by atoms with E-state index in [1.807, 2.05) is 0 Å². The summed E-state index contributed by atoms with van der Waals surface area (Å²) in [6.07, 6.45) is 1.86. The van der Waals surface area contributed by atoms with Gasteiger partial charge in [0.05, 0.1) is 5.56 Å². The first-order chi connectivity index (χ1) is 9.56. The maximum absolute atomic E-state index is 13.0. The van der Waals surface area contributed by atoms with Gasteiger partial charge in [-0.05, 0) is 30.5 Å². The van der Waals surface area contributed by atoms with Gasteiger partial charge in [-0.3, -0.25) is 0 Å². The average molecular weight is 313 g/mol. The SMILES string of the molecule is CCC(CC)c1nc(Cl)c(-c2ccc(F)cc2)c(Cl)n1. The van der Waals surface area contributed by atoms with Crippen molar-refractivity contribution in [2.24, 2.45) is 0 Å². The highest BCUT2D eigenvalue weighted by Gasteiger charge is 2.17. The van der Waals surface area contributed by atoms with Crippen molar-refractivity contribution < 1.29 is 4.39 Å². The fourth-order valence-corrected chi connectivity index (χ4v) is 2.73. The van der Waals surface area contributed by atoms with Crippen LogP contribution in [0, 0.1) is 5.82 Å². The first-order valence-corrected chi connectivity index (χ1v) is 7.31. The Morgan fingerprint density at radius 1 is 1.00 bits per heavy atom. The molecule has 2 rings (SSSR count). The highest BCUT2D eigenvalue weighted by Crippen LogP contribution is 2.34. The van der Waals surface area contributed by atoms with Crippen LogP contribution in [0.5, 0.6) is 0 Å². The lowest BCUT2D eigenvalue weighted by atomic mass is 10.0. The van der Waals surface area contributed by atoms with Crippen LogP contribution in [-0.2, 0) is 0 Å². The van der Waals surface area contributed by atoms with Crippen molar-refractivity contribution in [1.82, 2.24) is 9.97 Å². The van der Waals surface area contributed by atoms with Gasteiger partial charge in [-0.2, -0.15) is 0 Å². The molecule has 0 fully saturated rings. The molecule has 0 spiro atoms. The van der Waals surface area contributed by atoms with Gasteiger partial charge in [0.25, 0.3) is 0 Å². The molecule has 1 aromatic carbocycles. The van der Waals surface area contributed by atoms with E-state index in [0.29, 0.717) is 27.3 Å². The molecule has 0 aliphatic heterocycles. The summed E-state index contributed by atoms with van der Waals surface area (Å²) in [6.45, 7) is 4.15. The fraction of sp³-hybridized carbons (Fsp3) is 0.333. The maximum atomic E-state index is 13.0. The van der Waals surface area contributed by atoms with Crippen LogP contribution in [0.2, 0.25) is 10.3 Å². The molecular weight excluding hydrogens is 298 g/mol. The Hall–Kier alpha value is -1.19. The Labute approximate surface area is 128 Å². The molecule has 106 valence electrons. The minimum absolute atomic E-state index is 0.243. The maximum Gasteiger partial charge on any atom is 0.142 e. The van der Waals surface area contributed by atoms with E-state index in [9.17, 15) is 4.39 Å². The van der Waals surface area contributed by atoms with Crippen LogP contribution >= 0.6 is 23.2 Å². The van der Waals surface area contributed by atoms with E-state index < -0.39 is 0 Å². The fourth-order valence-electron chi connectivity index (χ4n) is 2.11. The average Bonchev–Trinajstić information content (AvgIpc) is 2.41. The summed E-state index contributed by atoms with van der Waals surface area (Å²) in [7, 11) is 0. The highest BCUT2D eigenvalue weighted by molar-refractivity contribution is 6.37. The molecule has 1 aromatic heterocycles. The summed E-state index contributed by atoms with van der Waals surface area (Å²) in [5.74, 6) is 0.596. The van der Waals surface area contributed by atoms with Crippen molar-refractivity contribution in [2.75, 3.05) is 0 Å². The van der Waals surface area contributed by atoms with Gasteiger partial charge in [-0.1, -0.05) is 49.2 Å². The first-order valence-electron chi connectivity index (χ1n) is 6.55. The summed E-state index contributed by atoms with van der Waals surface area (Å²) in [5, 5.41) is 0.608. The van der Waals surface area contributed by atoms with E-state index in [-0.39, 0.29) is 11.7 Å². The molecule has 0 radical (unpaired) electrons. The smallest absolute Gasteiger partial charge is 0.142 e. The zero-order valence-electron chi connectivity index (χ0n) is 11.3. The predicted molar refractivity (Wildman–Crippen MR) is 80.8 cm³/mol. The molecule has 5 heteroatoms. The van der Waals surface area contributed by atoms with Gasteiger partial charge in [-0.15, -0.1) is 0 Å². The van der Waals surface area contributed by atoms with Crippen molar-refractivity contribution in [3.8, 4) is 11.1 Å². The molecule has 2 aromatic rings. The highest BCUT2D eigenvalue weighted by atomic mass is 35.5. The van der Waals surface area contributed by atoms with Crippen molar-refractivity contribution >= 4 is 23.2 Å². The Morgan fingerprint density at radius 2 is 1.50 bits per heavy atom. The molecule has 2 nitrogen and oxygen atoms in total. The van der Waals surface area contributed by atoms with Crippen LogP contribution in [0.15, 0.2) is 24.3 Å². The summed E-state index contributed by atoms with van der Waals surface area (Å²) in [5.41, 5.74) is 1.25. The number of halogens is 3. The van der Waals surface area contributed by atoms with Crippen molar-refractivity contribution in [3.05, 3.63) is 46.2 Å². The Balaban J connectivity index is 2.48. The standard InChI is InChI=1S/C15H15Cl2FN2/c1-3-9(4-2)15-19-13(16)12(14(17)20-15)10-5-7-11(18)8-6-10/h5-9H,3-4H2,1-2H3. The van der Waals surface area contributed by atoms with E-state index in [4.69, 9.17) is 23.2 Å². The predicted octanol–water partition coefficient (Wildman–Crippen LogP) is 5.49.